The highest BCUT2D eigenvalue weighted by atomic mass is 16.5. The number of nitrogens with one attached hydrogen (secondary N) is 1. The second kappa shape index (κ2) is 5.15. The molecule has 0 atom stereocenters. The summed E-state index contributed by atoms with van der Waals surface area (Å²) in [6.45, 7) is 6.36. The van der Waals surface area contributed by atoms with Crippen LogP contribution in [-0.2, 0) is 26.2 Å². The topological polar surface area (TPSA) is 58.6 Å². The predicted molar refractivity (Wildman–Crippen MR) is 79.2 cm³/mol. The summed E-state index contributed by atoms with van der Waals surface area (Å²) >= 11 is 0. The number of carbonyl (C=O) groups is 2. The van der Waals surface area contributed by atoms with Gasteiger partial charge in [0.1, 0.15) is 0 Å². The largest absolute Gasteiger partial charge is 0.378 e. The van der Waals surface area contributed by atoms with Crippen LogP contribution < -0.4 is 5.32 Å². The number of rotatable bonds is 2. The van der Waals surface area contributed by atoms with Gasteiger partial charge in [0.05, 0.1) is 25.0 Å². The van der Waals surface area contributed by atoms with Crippen molar-refractivity contribution in [2.75, 3.05) is 31.6 Å². The Kier molecular flexibility index (Phi) is 3.45. The molecule has 0 saturated carbocycles. The number of amides is 2. The summed E-state index contributed by atoms with van der Waals surface area (Å²) in [4.78, 5) is 26.1. The van der Waals surface area contributed by atoms with Crippen molar-refractivity contribution in [3.8, 4) is 0 Å². The molecule has 1 N–H and O–H groups in total. The summed E-state index contributed by atoms with van der Waals surface area (Å²) in [7, 11) is 0. The lowest BCUT2D eigenvalue weighted by molar-refractivity contribution is -0.134. The Hall–Kier alpha value is -1.88. The van der Waals surface area contributed by atoms with Gasteiger partial charge in [-0.1, -0.05) is 12.1 Å². The minimum Gasteiger partial charge on any atom is -0.378 e. The molecule has 1 fully saturated rings. The summed E-state index contributed by atoms with van der Waals surface area (Å²) in [6, 6.07) is 5.79. The molecule has 0 bridgehead atoms. The van der Waals surface area contributed by atoms with Gasteiger partial charge >= 0.3 is 0 Å². The number of anilines is 1. The fraction of sp³-hybridized carbons (Fsp3) is 0.500. The van der Waals surface area contributed by atoms with Crippen molar-refractivity contribution in [2.45, 2.75) is 25.7 Å². The van der Waals surface area contributed by atoms with Crippen molar-refractivity contribution in [3.05, 3.63) is 29.3 Å². The average Bonchev–Trinajstić information content (AvgIpc) is 2.70. The second-order valence-electron chi connectivity index (χ2n) is 6.13. The first kappa shape index (κ1) is 14.1. The van der Waals surface area contributed by atoms with Crippen LogP contribution in [0.15, 0.2) is 18.2 Å². The van der Waals surface area contributed by atoms with Crippen LogP contribution in [0.25, 0.3) is 0 Å². The van der Waals surface area contributed by atoms with Gasteiger partial charge in [-0.05, 0) is 31.0 Å². The van der Waals surface area contributed by atoms with E-state index in [0.29, 0.717) is 32.7 Å². The van der Waals surface area contributed by atoms with Gasteiger partial charge in [-0.15, -0.1) is 0 Å². The normalized spacial score (nSPS) is 20.1. The SMILES string of the molecule is CC1(C)C(=O)Nc2ccc(CC(=O)N3CCOCC3)cc21. The first-order chi connectivity index (χ1) is 9.98. The van der Waals surface area contributed by atoms with Crippen molar-refractivity contribution in [1.29, 1.82) is 0 Å². The molecule has 2 heterocycles. The van der Waals surface area contributed by atoms with Crippen LogP contribution in [0.5, 0.6) is 0 Å². The highest BCUT2D eigenvalue weighted by molar-refractivity contribution is 6.05. The molecule has 21 heavy (non-hydrogen) atoms. The van der Waals surface area contributed by atoms with Crippen LogP contribution >= 0.6 is 0 Å². The summed E-state index contributed by atoms with van der Waals surface area (Å²) in [5, 5.41) is 2.88. The van der Waals surface area contributed by atoms with Gasteiger partial charge in [-0.25, -0.2) is 0 Å². The molecule has 3 rings (SSSR count). The third-order valence-corrected chi connectivity index (χ3v) is 4.29. The van der Waals surface area contributed by atoms with E-state index >= 15 is 0 Å². The Morgan fingerprint density at radius 1 is 1.33 bits per heavy atom. The summed E-state index contributed by atoms with van der Waals surface area (Å²) < 4.78 is 5.26. The van der Waals surface area contributed by atoms with Crippen LogP contribution in [0, 0.1) is 0 Å². The smallest absolute Gasteiger partial charge is 0.234 e. The van der Waals surface area contributed by atoms with E-state index in [1.807, 2.05) is 36.9 Å². The quantitative estimate of drug-likeness (QED) is 0.893. The highest BCUT2D eigenvalue weighted by Gasteiger charge is 2.38. The predicted octanol–water partition coefficient (Wildman–Crippen LogP) is 1.32. The molecule has 0 radical (unpaired) electrons. The number of nitrogens with zero attached hydrogens (tertiary/aromatic N) is 1. The molecule has 2 aliphatic heterocycles. The number of ether oxygens (including phenoxy) is 1. The molecular formula is C16H20N2O3. The van der Waals surface area contributed by atoms with Gasteiger partial charge in [-0.2, -0.15) is 0 Å². The minimum atomic E-state index is -0.534. The van der Waals surface area contributed by atoms with Gasteiger partial charge in [-0.3, -0.25) is 9.59 Å². The van der Waals surface area contributed by atoms with Crippen molar-refractivity contribution in [3.63, 3.8) is 0 Å². The maximum Gasteiger partial charge on any atom is 0.234 e. The van der Waals surface area contributed by atoms with Gasteiger partial charge < -0.3 is 15.0 Å². The molecule has 1 aromatic carbocycles. The summed E-state index contributed by atoms with van der Waals surface area (Å²) in [6.07, 6.45) is 0.373. The molecule has 2 amide bonds. The Morgan fingerprint density at radius 2 is 2.05 bits per heavy atom. The molecule has 0 unspecified atom stereocenters. The molecule has 0 aliphatic carbocycles. The van der Waals surface area contributed by atoms with Crippen LogP contribution in [0.3, 0.4) is 0 Å². The fourth-order valence-corrected chi connectivity index (χ4v) is 2.83. The summed E-state index contributed by atoms with van der Waals surface area (Å²) in [5.41, 5.74) is 2.25. The van der Waals surface area contributed by atoms with E-state index in [1.165, 1.54) is 0 Å². The summed E-state index contributed by atoms with van der Waals surface area (Å²) in [5.74, 6) is 0.127. The van der Waals surface area contributed by atoms with Crippen molar-refractivity contribution in [2.24, 2.45) is 0 Å². The van der Waals surface area contributed by atoms with E-state index in [2.05, 4.69) is 5.32 Å². The lowest BCUT2D eigenvalue weighted by atomic mass is 9.85. The van der Waals surface area contributed by atoms with Gasteiger partial charge in [0.15, 0.2) is 0 Å². The van der Waals surface area contributed by atoms with Crippen LogP contribution in [0.4, 0.5) is 5.69 Å². The first-order valence-corrected chi connectivity index (χ1v) is 7.29. The number of hydrogen-bond donors (Lipinski definition) is 1. The van der Waals surface area contributed by atoms with Gasteiger partial charge in [0, 0.05) is 18.8 Å². The van der Waals surface area contributed by atoms with E-state index < -0.39 is 5.41 Å². The zero-order valence-corrected chi connectivity index (χ0v) is 12.4. The van der Waals surface area contributed by atoms with Gasteiger partial charge in [0.25, 0.3) is 0 Å². The van der Waals surface area contributed by atoms with Crippen molar-refractivity contribution < 1.29 is 14.3 Å². The molecular weight excluding hydrogens is 268 g/mol. The maximum absolute atomic E-state index is 12.3. The van der Waals surface area contributed by atoms with E-state index in [1.54, 1.807) is 0 Å². The maximum atomic E-state index is 12.3. The molecule has 1 saturated heterocycles. The van der Waals surface area contributed by atoms with Gasteiger partial charge in [0.2, 0.25) is 11.8 Å². The molecule has 1 aromatic rings. The van der Waals surface area contributed by atoms with Crippen molar-refractivity contribution in [1.82, 2.24) is 4.90 Å². The highest BCUT2D eigenvalue weighted by Crippen LogP contribution is 2.37. The zero-order chi connectivity index (χ0) is 15.0. The fourth-order valence-electron chi connectivity index (χ4n) is 2.83. The second-order valence-corrected chi connectivity index (χ2v) is 6.13. The van der Waals surface area contributed by atoms with Crippen LogP contribution in [0.2, 0.25) is 0 Å². The average molecular weight is 288 g/mol. The number of hydrogen-bond acceptors (Lipinski definition) is 3. The number of benzene rings is 1. The third kappa shape index (κ3) is 2.53. The Balaban J connectivity index is 1.77. The zero-order valence-electron chi connectivity index (χ0n) is 12.4. The number of carbonyl (C=O) groups excluding carboxylic acids is 2. The minimum absolute atomic E-state index is 0.00848. The molecule has 2 aliphatic rings. The molecule has 0 aromatic heterocycles. The monoisotopic (exact) mass is 288 g/mol. The molecule has 5 heteroatoms. The molecule has 5 nitrogen and oxygen atoms in total. The Morgan fingerprint density at radius 3 is 2.76 bits per heavy atom. The van der Waals surface area contributed by atoms with Crippen LogP contribution in [0.1, 0.15) is 25.0 Å². The van der Waals surface area contributed by atoms with E-state index in [4.69, 9.17) is 4.74 Å². The van der Waals surface area contributed by atoms with E-state index in [9.17, 15) is 9.59 Å². The number of fused-ring (bicyclic) bond motifs is 1. The van der Waals surface area contributed by atoms with E-state index in [-0.39, 0.29) is 11.8 Å². The third-order valence-electron chi connectivity index (χ3n) is 4.29. The van der Waals surface area contributed by atoms with Crippen LogP contribution in [-0.4, -0.2) is 43.0 Å². The lowest BCUT2D eigenvalue weighted by Gasteiger charge is -2.27. The first-order valence-electron chi connectivity index (χ1n) is 7.29. The molecule has 0 spiro atoms. The molecule has 112 valence electrons. The van der Waals surface area contributed by atoms with Crippen molar-refractivity contribution >= 4 is 17.5 Å². The lowest BCUT2D eigenvalue weighted by Crippen LogP contribution is -2.41. The Labute approximate surface area is 124 Å². The number of morpholine rings is 1. The van der Waals surface area contributed by atoms with E-state index in [0.717, 1.165) is 16.8 Å². The standard InChI is InChI=1S/C16H20N2O3/c1-16(2)12-9-11(3-4-13(12)17-15(16)20)10-14(19)18-5-7-21-8-6-18/h3-4,9H,5-8,10H2,1-2H3,(H,17,20). The Bertz CT molecular complexity index is 589.